The second-order valence-corrected chi connectivity index (χ2v) is 6.10. The summed E-state index contributed by atoms with van der Waals surface area (Å²) in [7, 11) is 4.21. The maximum atomic E-state index is 10.7. The van der Waals surface area contributed by atoms with Gasteiger partial charge < -0.3 is 9.45 Å². The third kappa shape index (κ3) is 7.65. The highest BCUT2D eigenvalue weighted by molar-refractivity contribution is 7.86. The Labute approximate surface area is 118 Å². The van der Waals surface area contributed by atoms with E-state index in [9.17, 15) is 13.2 Å². The molecule has 0 aliphatic carbocycles. The van der Waals surface area contributed by atoms with Crippen molar-refractivity contribution >= 4 is 16.1 Å². The summed E-state index contributed by atoms with van der Waals surface area (Å²) < 4.78 is 59.8. The van der Waals surface area contributed by atoms with E-state index in [0.717, 1.165) is 17.0 Å². The molecule has 0 aromatic carbocycles. The third-order valence-corrected chi connectivity index (χ3v) is 2.77. The molecule has 0 bridgehead atoms. The number of alkyl halides is 3. The van der Waals surface area contributed by atoms with Gasteiger partial charge in [-0.05, 0) is 6.42 Å². The van der Waals surface area contributed by atoms with Crippen molar-refractivity contribution < 1.29 is 30.6 Å². The maximum Gasteiger partial charge on any atom is 0.485 e. The number of aliphatic imine (C=N–C) groups is 1. The predicted molar refractivity (Wildman–Crippen MR) is 70.1 cm³/mol. The average Bonchev–Trinajstić information content (AvgIpc) is 2.14. The fraction of sp³-hybridized carbons (Fsp3) is 0.900. The zero-order chi connectivity index (χ0) is 16.8. The van der Waals surface area contributed by atoms with Crippen LogP contribution in [0.15, 0.2) is 4.99 Å². The van der Waals surface area contributed by atoms with Gasteiger partial charge in [-0.1, -0.05) is 6.92 Å². The fourth-order valence-corrected chi connectivity index (χ4v) is 1.67. The Morgan fingerprint density at radius 1 is 1.30 bits per heavy atom. The van der Waals surface area contributed by atoms with Gasteiger partial charge in [-0.2, -0.15) is 13.2 Å². The molecule has 0 atom stereocenters. The van der Waals surface area contributed by atoms with Crippen LogP contribution in [0.1, 0.15) is 13.3 Å². The van der Waals surface area contributed by atoms with E-state index in [1.54, 1.807) is 0 Å². The van der Waals surface area contributed by atoms with Crippen LogP contribution in [0, 0.1) is 0 Å². The largest absolute Gasteiger partial charge is 0.741 e. The topological polar surface area (TPSA) is 72.8 Å². The molecule has 0 unspecified atom stereocenters. The van der Waals surface area contributed by atoms with Crippen molar-refractivity contribution in [3.8, 4) is 0 Å². The zero-order valence-corrected chi connectivity index (χ0v) is 13.3. The first-order valence-electron chi connectivity index (χ1n) is 5.70. The molecule has 0 saturated carbocycles. The van der Waals surface area contributed by atoms with Crippen molar-refractivity contribution in [1.29, 1.82) is 0 Å². The summed E-state index contributed by atoms with van der Waals surface area (Å²) in [6.07, 6.45) is 1.18. The molecule has 0 aliphatic heterocycles. The number of nitrogens with zero attached hydrogens (tertiary/aromatic N) is 3. The van der Waals surface area contributed by atoms with Crippen LogP contribution in [0.25, 0.3) is 0 Å². The van der Waals surface area contributed by atoms with E-state index < -0.39 is 15.6 Å². The number of halogens is 3. The van der Waals surface area contributed by atoms with Crippen LogP contribution in [0.4, 0.5) is 13.2 Å². The molecule has 0 saturated heterocycles. The standard InChI is InChI=1S/C9H22N3.CHF3O3S/c1-7-8-12(5,6)9(10-2)11(3)4;2-1(3,4)8(5,6)7/h7-8H2,1-6H3;(H,5,6,7)/q+1;/p-1. The molecule has 0 aliphatic rings. The molecule has 10 heteroatoms. The van der Waals surface area contributed by atoms with E-state index in [4.69, 9.17) is 13.0 Å². The Morgan fingerprint density at radius 2 is 1.65 bits per heavy atom. The smallest absolute Gasteiger partial charge is 0.485 e. The van der Waals surface area contributed by atoms with E-state index in [1.807, 2.05) is 21.1 Å². The number of guanidine groups is 1. The van der Waals surface area contributed by atoms with Crippen molar-refractivity contribution in [2.45, 2.75) is 18.9 Å². The van der Waals surface area contributed by atoms with Crippen LogP contribution in [0.2, 0.25) is 0 Å². The maximum absolute atomic E-state index is 10.7. The van der Waals surface area contributed by atoms with Crippen molar-refractivity contribution in [3.63, 3.8) is 0 Å². The predicted octanol–water partition coefficient (Wildman–Crippen LogP) is 1.07. The minimum absolute atomic E-state index is 0.861. The normalized spacial score (nSPS) is 13.6. The summed E-state index contributed by atoms with van der Waals surface area (Å²) in [4.78, 5) is 6.37. The molecule has 6 nitrogen and oxygen atoms in total. The Bertz CT molecular complexity index is 417. The molecule has 0 spiro atoms. The number of quaternary nitrogens is 1. The summed E-state index contributed by atoms with van der Waals surface area (Å²) in [6.45, 7) is 3.33. The van der Waals surface area contributed by atoms with Crippen LogP contribution >= 0.6 is 0 Å². The van der Waals surface area contributed by atoms with Crippen LogP contribution in [-0.2, 0) is 10.1 Å². The molecule has 0 N–H and O–H groups in total. The van der Waals surface area contributed by atoms with Gasteiger partial charge in [0.2, 0.25) is 0 Å². The Hall–Kier alpha value is -0.870. The minimum Gasteiger partial charge on any atom is -0.741 e. The molecule has 122 valence electrons. The van der Waals surface area contributed by atoms with Gasteiger partial charge >= 0.3 is 5.51 Å². The number of hydrogen-bond acceptors (Lipinski definition) is 4. The molecule has 0 aromatic heterocycles. The quantitative estimate of drug-likeness (QED) is 0.251. The second kappa shape index (κ2) is 7.79. The first kappa shape index (κ1) is 21.4. The van der Waals surface area contributed by atoms with Crippen LogP contribution < -0.4 is 0 Å². The fourth-order valence-electron chi connectivity index (χ4n) is 1.67. The van der Waals surface area contributed by atoms with Gasteiger partial charge in [-0.3, -0.25) is 4.48 Å². The molecule has 0 amide bonds. The summed E-state index contributed by atoms with van der Waals surface area (Å²) in [6, 6.07) is 0. The van der Waals surface area contributed by atoms with E-state index in [1.165, 1.54) is 6.42 Å². The summed E-state index contributed by atoms with van der Waals surface area (Å²) in [5.74, 6) is 1.12. The van der Waals surface area contributed by atoms with E-state index >= 15 is 0 Å². The zero-order valence-electron chi connectivity index (χ0n) is 12.5. The minimum atomic E-state index is -6.09. The van der Waals surface area contributed by atoms with E-state index in [0.29, 0.717) is 0 Å². The Morgan fingerprint density at radius 3 is 1.80 bits per heavy atom. The van der Waals surface area contributed by atoms with Gasteiger partial charge in [0.1, 0.15) is 0 Å². The molecule has 20 heavy (non-hydrogen) atoms. The molecule has 0 rings (SSSR count). The van der Waals surface area contributed by atoms with Gasteiger partial charge in [-0.15, -0.1) is 0 Å². The lowest BCUT2D eigenvalue weighted by atomic mass is 10.4. The number of hydrogen-bond donors (Lipinski definition) is 0. The van der Waals surface area contributed by atoms with E-state index in [2.05, 4.69) is 30.9 Å². The lowest BCUT2D eigenvalue weighted by Gasteiger charge is -2.32. The highest BCUT2D eigenvalue weighted by Crippen LogP contribution is 2.20. The highest BCUT2D eigenvalue weighted by atomic mass is 32.2. The lowest BCUT2D eigenvalue weighted by molar-refractivity contribution is -0.805. The van der Waals surface area contributed by atoms with Crippen LogP contribution in [0.5, 0.6) is 0 Å². The molecule has 0 heterocycles. The van der Waals surface area contributed by atoms with E-state index in [-0.39, 0.29) is 0 Å². The Balaban J connectivity index is 0. The highest BCUT2D eigenvalue weighted by Gasteiger charge is 2.36. The molecule has 0 radical (unpaired) electrons. The second-order valence-electron chi connectivity index (χ2n) is 4.73. The summed E-state index contributed by atoms with van der Waals surface area (Å²) >= 11 is 0. The third-order valence-electron chi connectivity index (χ3n) is 2.21. The van der Waals surface area contributed by atoms with Crippen molar-refractivity contribution in [1.82, 2.24) is 4.90 Å². The molecular formula is C10H22F3N3O3S. The van der Waals surface area contributed by atoms with Gasteiger partial charge in [0.15, 0.2) is 10.1 Å². The Kier molecular flexibility index (Phi) is 8.35. The van der Waals surface area contributed by atoms with Crippen molar-refractivity contribution in [2.24, 2.45) is 4.99 Å². The lowest BCUT2D eigenvalue weighted by Crippen LogP contribution is -2.52. The van der Waals surface area contributed by atoms with Crippen molar-refractivity contribution in [2.75, 3.05) is 41.8 Å². The van der Waals surface area contributed by atoms with Crippen molar-refractivity contribution in [3.05, 3.63) is 0 Å². The van der Waals surface area contributed by atoms with Crippen LogP contribution in [-0.4, -0.2) is 75.6 Å². The van der Waals surface area contributed by atoms with Gasteiger partial charge in [0.05, 0.1) is 20.6 Å². The summed E-state index contributed by atoms with van der Waals surface area (Å²) in [5.41, 5.74) is -5.65. The van der Waals surface area contributed by atoms with Crippen LogP contribution in [0.3, 0.4) is 0 Å². The van der Waals surface area contributed by atoms with Gasteiger partial charge in [0.25, 0.3) is 5.96 Å². The molecular weight excluding hydrogens is 299 g/mol. The summed E-state index contributed by atoms with van der Waals surface area (Å²) in [5, 5.41) is 0. The van der Waals surface area contributed by atoms with Gasteiger partial charge in [-0.25, -0.2) is 13.4 Å². The first-order chi connectivity index (χ1) is 8.70. The monoisotopic (exact) mass is 321 g/mol. The molecule has 0 fully saturated rings. The SMILES string of the molecule is CCC[N+](C)(C)C(=NC)N(C)C.O=S(=O)([O-])C(F)(F)F. The molecule has 0 aromatic rings. The van der Waals surface area contributed by atoms with Gasteiger partial charge in [0, 0.05) is 21.1 Å². The first-order valence-corrected chi connectivity index (χ1v) is 7.11. The average molecular weight is 321 g/mol. The number of rotatable bonds is 2.